The van der Waals surface area contributed by atoms with Crippen LogP contribution in [-0.2, 0) is 4.74 Å². The van der Waals surface area contributed by atoms with Crippen LogP contribution in [0.1, 0.15) is 13.8 Å². The summed E-state index contributed by atoms with van der Waals surface area (Å²) in [6, 6.07) is 0. The first-order chi connectivity index (χ1) is 4.72. The van der Waals surface area contributed by atoms with E-state index in [1.54, 1.807) is 13.2 Å². The minimum Gasteiger partial charge on any atom is -0.386 e. The lowest BCUT2D eigenvalue weighted by molar-refractivity contribution is 0.0867. The number of hydrogen-bond acceptors (Lipinski definition) is 2. The van der Waals surface area contributed by atoms with E-state index in [0.717, 1.165) is 5.57 Å². The Bertz CT molecular complexity index is 143. The molecule has 0 bridgehead atoms. The number of hydrogen-bond donors (Lipinski definition) is 1. The summed E-state index contributed by atoms with van der Waals surface area (Å²) in [4.78, 5) is 0. The van der Waals surface area contributed by atoms with Gasteiger partial charge < -0.3 is 9.84 Å². The van der Waals surface area contributed by atoms with Gasteiger partial charge in [-0.15, -0.1) is 5.73 Å². The lowest BCUT2D eigenvalue weighted by Crippen LogP contribution is -2.14. The van der Waals surface area contributed by atoms with Crippen molar-refractivity contribution < 1.29 is 9.84 Å². The molecule has 1 atom stereocenters. The molecule has 58 valence electrons. The summed E-state index contributed by atoms with van der Waals surface area (Å²) < 4.78 is 4.75. The maximum Gasteiger partial charge on any atom is 0.105 e. The molecule has 0 aromatic rings. The average Bonchev–Trinajstić information content (AvgIpc) is 1.89. The molecule has 0 rings (SSSR count). The topological polar surface area (TPSA) is 29.5 Å². The molecule has 0 amide bonds. The van der Waals surface area contributed by atoms with Crippen LogP contribution in [0, 0.1) is 0 Å². The third-order valence-corrected chi connectivity index (χ3v) is 1.20. The van der Waals surface area contributed by atoms with Gasteiger partial charge >= 0.3 is 0 Å². The molecule has 0 saturated carbocycles. The predicted molar refractivity (Wildman–Crippen MR) is 40.8 cm³/mol. The van der Waals surface area contributed by atoms with Crippen LogP contribution in [0.3, 0.4) is 0 Å². The van der Waals surface area contributed by atoms with Gasteiger partial charge in [-0.3, -0.25) is 0 Å². The Hall–Kier alpha value is -0.560. The number of rotatable bonds is 3. The van der Waals surface area contributed by atoms with Crippen molar-refractivity contribution in [3.63, 3.8) is 0 Å². The summed E-state index contributed by atoms with van der Waals surface area (Å²) in [5.74, 6) is 0. The molecule has 0 saturated heterocycles. The highest BCUT2D eigenvalue weighted by Gasteiger charge is 2.02. The summed E-state index contributed by atoms with van der Waals surface area (Å²) in [6.45, 7) is 4.03. The molecule has 2 heteroatoms. The Balaban J connectivity index is 3.94. The van der Waals surface area contributed by atoms with Gasteiger partial charge in [-0.25, -0.2) is 0 Å². The minimum absolute atomic E-state index is 0.340. The summed E-state index contributed by atoms with van der Waals surface area (Å²) >= 11 is 0. The van der Waals surface area contributed by atoms with Crippen molar-refractivity contribution in [3.8, 4) is 0 Å². The molecule has 1 N–H and O–H groups in total. The van der Waals surface area contributed by atoms with Crippen molar-refractivity contribution in [1.29, 1.82) is 0 Å². The van der Waals surface area contributed by atoms with Crippen LogP contribution in [0.15, 0.2) is 17.4 Å². The second-order valence-corrected chi connectivity index (χ2v) is 2.09. The first kappa shape index (κ1) is 9.44. The van der Waals surface area contributed by atoms with Crippen molar-refractivity contribution in [2.75, 3.05) is 13.7 Å². The molecule has 10 heavy (non-hydrogen) atoms. The molecule has 0 aliphatic rings. The van der Waals surface area contributed by atoms with Gasteiger partial charge in [-0.2, -0.15) is 0 Å². The summed E-state index contributed by atoms with van der Waals surface area (Å²) in [7, 11) is 1.56. The van der Waals surface area contributed by atoms with E-state index in [4.69, 9.17) is 4.74 Å². The molecule has 0 aromatic heterocycles. The molecule has 2 nitrogen and oxygen atoms in total. The molecule has 0 aliphatic carbocycles. The molecule has 0 aliphatic heterocycles. The Labute approximate surface area is 61.8 Å². The van der Waals surface area contributed by atoms with Crippen LogP contribution in [0.25, 0.3) is 0 Å². The van der Waals surface area contributed by atoms with E-state index in [1.807, 2.05) is 13.8 Å². The summed E-state index contributed by atoms with van der Waals surface area (Å²) in [5.41, 5.74) is 3.70. The van der Waals surface area contributed by atoms with Crippen molar-refractivity contribution in [3.05, 3.63) is 17.4 Å². The van der Waals surface area contributed by atoms with Crippen molar-refractivity contribution in [2.24, 2.45) is 0 Å². The molecule has 0 fully saturated rings. The first-order valence-electron chi connectivity index (χ1n) is 3.27. The highest BCUT2D eigenvalue weighted by Crippen LogP contribution is 1.98. The zero-order chi connectivity index (χ0) is 7.98. The minimum atomic E-state index is -0.513. The standard InChI is InChI=1S/C8H14O2/c1-4-5-7(2)8(9)6-10-3/h4,8-9H,6H2,1-3H3. The van der Waals surface area contributed by atoms with Crippen LogP contribution in [0.4, 0.5) is 0 Å². The van der Waals surface area contributed by atoms with Crippen LogP contribution < -0.4 is 0 Å². The van der Waals surface area contributed by atoms with E-state index in [9.17, 15) is 5.11 Å². The van der Waals surface area contributed by atoms with Crippen LogP contribution >= 0.6 is 0 Å². The zero-order valence-corrected chi connectivity index (χ0v) is 6.72. The van der Waals surface area contributed by atoms with Crippen molar-refractivity contribution in [2.45, 2.75) is 20.0 Å². The van der Waals surface area contributed by atoms with Crippen LogP contribution in [-0.4, -0.2) is 24.9 Å². The van der Waals surface area contributed by atoms with Gasteiger partial charge in [0, 0.05) is 7.11 Å². The zero-order valence-electron chi connectivity index (χ0n) is 6.72. The average molecular weight is 142 g/mol. The maximum absolute atomic E-state index is 9.20. The van der Waals surface area contributed by atoms with E-state index in [-0.39, 0.29) is 0 Å². The maximum atomic E-state index is 9.20. The second kappa shape index (κ2) is 5.24. The summed E-state index contributed by atoms with van der Waals surface area (Å²) in [5, 5.41) is 9.20. The fourth-order valence-electron chi connectivity index (χ4n) is 0.607. The highest BCUT2D eigenvalue weighted by molar-refractivity contribution is 5.03. The Morgan fingerprint density at radius 3 is 2.80 bits per heavy atom. The normalized spacial score (nSPS) is 12.0. The molecule has 0 aromatic carbocycles. The monoisotopic (exact) mass is 142 g/mol. The van der Waals surface area contributed by atoms with Gasteiger partial charge in [0.15, 0.2) is 0 Å². The van der Waals surface area contributed by atoms with Gasteiger partial charge in [0.05, 0.1) is 6.61 Å². The van der Waals surface area contributed by atoms with Gasteiger partial charge in [0.2, 0.25) is 0 Å². The predicted octanol–water partition coefficient (Wildman–Crippen LogP) is 1.11. The fourth-order valence-corrected chi connectivity index (χ4v) is 0.607. The summed E-state index contributed by atoms with van der Waals surface area (Å²) in [6.07, 6.45) is 1.26. The van der Waals surface area contributed by atoms with Crippen LogP contribution in [0.5, 0.6) is 0 Å². The SMILES string of the molecule is CC=C=C(C)C(O)COC. The van der Waals surface area contributed by atoms with Crippen molar-refractivity contribution in [1.82, 2.24) is 0 Å². The third kappa shape index (κ3) is 3.46. The number of methoxy groups -OCH3 is 1. The third-order valence-electron chi connectivity index (χ3n) is 1.20. The Morgan fingerprint density at radius 1 is 1.80 bits per heavy atom. The number of ether oxygens (including phenoxy) is 1. The van der Waals surface area contributed by atoms with E-state index in [0.29, 0.717) is 6.61 Å². The lowest BCUT2D eigenvalue weighted by Gasteiger charge is -2.06. The van der Waals surface area contributed by atoms with Crippen LogP contribution in [0.2, 0.25) is 0 Å². The molecule has 0 spiro atoms. The number of aliphatic hydroxyl groups is 1. The molecule has 0 radical (unpaired) electrons. The largest absolute Gasteiger partial charge is 0.386 e. The quantitative estimate of drug-likeness (QED) is 0.598. The number of aliphatic hydroxyl groups excluding tert-OH is 1. The first-order valence-corrected chi connectivity index (χ1v) is 3.27. The molecule has 1 unspecified atom stereocenters. The highest BCUT2D eigenvalue weighted by atomic mass is 16.5. The molecule has 0 heterocycles. The molecular weight excluding hydrogens is 128 g/mol. The second-order valence-electron chi connectivity index (χ2n) is 2.09. The smallest absolute Gasteiger partial charge is 0.105 e. The van der Waals surface area contributed by atoms with Gasteiger partial charge in [0.1, 0.15) is 6.10 Å². The van der Waals surface area contributed by atoms with E-state index >= 15 is 0 Å². The van der Waals surface area contributed by atoms with E-state index in [1.165, 1.54) is 0 Å². The Morgan fingerprint density at radius 2 is 2.40 bits per heavy atom. The van der Waals surface area contributed by atoms with E-state index in [2.05, 4.69) is 5.73 Å². The van der Waals surface area contributed by atoms with Crippen molar-refractivity contribution >= 4 is 0 Å². The lowest BCUT2D eigenvalue weighted by atomic mass is 10.2. The van der Waals surface area contributed by atoms with Gasteiger partial charge in [0.25, 0.3) is 0 Å². The molecular formula is C8H14O2. The fraction of sp³-hybridized carbons (Fsp3) is 0.625. The van der Waals surface area contributed by atoms with E-state index < -0.39 is 6.10 Å². The van der Waals surface area contributed by atoms with Gasteiger partial charge in [-0.05, 0) is 25.5 Å². The van der Waals surface area contributed by atoms with Gasteiger partial charge in [-0.1, -0.05) is 0 Å². The Kier molecular flexibility index (Phi) is 4.95.